The highest BCUT2D eigenvalue weighted by molar-refractivity contribution is 6.00. The molecule has 9 atom stereocenters. The summed E-state index contributed by atoms with van der Waals surface area (Å²) in [4.78, 5) is 46.2. The van der Waals surface area contributed by atoms with E-state index in [1.807, 2.05) is 24.4 Å². The number of allylic oxidation sites excluding steroid dienone is 1. The molecule has 5 aliphatic carbocycles. The van der Waals surface area contributed by atoms with Crippen LogP contribution < -0.4 is 5.32 Å². The lowest BCUT2D eigenvalue weighted by atomic mass is 9.33. The van der Waals surface area contributed by atoms with Crippen LogP contribution in [0.2, 0.25) is 0 Å². The number of fused-ring (bicyclic) bond motifs is 7. The Morgan fingerprint density at radius 2 is 1.72 bits per heavy atom. The Labute approximate surface area is 348 Å². The van der Waals surface area contributed by atoms with Crippen LogP contribution in [-0.2, 0) is 30.4 Å². The molecule has 0 amide bonds. The van der Waals surface area contributed by atoms with Gasteiger partial charge in [0.2, 0.25) is 0 Å². The van der Waals surface area contributed by atoms with Crippen LogP contribution in [0.3, 0.4) is 0 Å². The number of carboxylic acids is 1. The smallest absolute Gasteiger partial charge is 0.309 e. The minimum absolute atomic E-state index is 0.0308. The number of nitrogens with one attached hydrogen (secondary N) is 1. The summed E-state index contributed by atoms with van der Waals surface area (Å²) in [5.41, 5.74) is 1.28. The fourth-order valence-corrected chi connectivity index (χ4v) is 13.8. The maximum atomic E-state index is 14.3. The Morgan fingerprint density at radius 1 is 0.983 bits per heavy atom. The van der Waals surface area contributed by atoms with Gasteiger partial charge in [-0.2, -0.15) is 0 Å². The number of aliphatic carboxylic acids is 1. The van der Waals surface area contributed by atoms with Gasteiger partial charge in [0.1, 0.15) is 6.10 Å². The molecule has 9 unspecified atom stereocenters. The molecule has 0 radical (unpaired) electrons. The molecule has 10 nitrogen and oxygen atoms in total. The summed E-state index contributed by atoms with van der Waals surface area (Å²) < 4.78 is 11.4. The normalized spacial score (nSPS) is 34.9. The van der Waals surface area contributed by atoms with Crippen molar-refractivity contribution in [1.29, 1.82) is 0 Å². The molecular formula is C48H75N3O7. The summed E-state index contributed by atoms with van der Waals surface area (Å²) in [5.74, 6) is -0.0398. The van der Waals surface area contributed by atoms with Gasteiger partial charge in [0, 0.05) is 63.3 Å². The van der Waals surface area contributed by atoms with E-state index in [-0.39, 0.29) is 51.8 Å². The lowest BCUT2D eigenvalue weighted by Gasteiger charge is -2.72. The molecule has 1 aromatic rings. The molecule has 1 heterocycles. The molecule has 4 fully saturated rings. The van der Waals surface area contributed by atoms with Gasteiger partial charge in [-0.15, -0.1) is 0 Å². The van der Waals surface area contributed by atoms with Gasteiger partial charge in [0.15, 0.2) is 5.78 Å². The van der Waals surface area contributed by atoms with Gasteiger partial charge in [-0.3, -0.25) is 24.3 Å². The van der Waals surface area contributed by atoms with Crippen molar-refractivity contribution in [3.05, 3.63) is 41.2 Å². The Morgan fingerprint density at radius 3 is 2.38 bits per heavy atom. The molecule has 4 saturated carbocycles. The fraction of sp³-hybridized carbons (Fsp3) is 0.792. The van der Waals surface area contributed by atoms with Crippen molar-refractivity contribution in [1.82, 2.24) is 15.2 Å². The van der Waals surface area contributed by atoms with Crippen LogP contribution in [-0.4, -0.2) is 89.9 Å². The monoisotopic (exact) mass is 806 g/mol. The second kappa shape index (κ2) is 16.7. The third kappa shape index (κ3) is 7.75. The summed E-state index contributed by atoms with van der Waals surface area (Å²) in [6.07, 6.45) is 8.86. The van der Waals surface area contributed by atoms with Gasteiger partial charge in [-0.25, -0.2) is 0 Å². The van der Waals surface area contributed by atoms with E-state index < -0.39 is 28.9 Å². The number of ketones is 1. The summed E-state index contributed by atoms with van der Waals surface area (Å²) in [7, 11) is 1.71. The topological polar surface area (TPSA) is 138 Å². The zero-order valence-corrected chi connectivity index (χ0v) is 37.4. The largest absolute Gasteiger partial charge is 0.481 e. The molecule has 0 spiro atoms. The zero-order chi connectivity index (χ0) is 42.5. The highest BCUT2D eigenvalue weighted by Crippen LogP contribution is 2.77. The van der Waals surface area contributed by atoms with Crippen molar-refractivity contribution in [2.24, 2.45) is 56.2 Å². The van der Waals surface area contributed by atoms with Crippen LogP contribution in [0.25, 0.3) is 0 Å². The summed E-state index contributed by atoms with van der Waals surface area (Å²) >= 11 is 0. The number of Topliss-reactive ketones (excluding diaryl/α,β-unsaturated/α-hetero) is 1. The van der Waals surface area contributed by atoms with Crippen LogP contribution in [0.15, 0.2) is 35.5 Å². The molecule has 0 saturated heterocycles. The predicted octanol–water partition coefficient (Wildman–Crippen LogP) is 7.87. The number of carbonyl (C=O) groups is 3. The molecular weight excluding hydrogens is 731 g/mol. The molecule has 1 aromatic heterocycles. The minimum Gasteiger partial charge on any atom is -0.481 e. The van der Waals surface area contributed by atoms with E-state index in [0.717, 1.165) is 82.3 Å². The van der Waals surface area contributed by atoms with Crippen molar-refractivity contribution in [3.8, 4) is 0 Å². The maximum Gasteiger partial charge on any atom is 0.309 e. The van der Waals surface area contributed by atoms with Crippen molar-refractivity contribution < 1.29 is 34.1 Å². The second-order valence-corrected chi connectivity index (χ2v) is 21.4. The van der Waals surface area contributed by atoms with Crippen LogP contribution in [0.5, 0.6) is 0 Å². The molecule has 10 heteroatoms. The number of carbonyl (C=O) groups excluding carboxylic acids is 2. The molecule has 0 bridgehead atoms. The number of pyridine rings is 1. The number of rotatable bonds is 16. The van der Waals surface area contributed by atoms with Crippen molar-refractivity contribution in [2.75, 3.05) is 39.9 Å². The van der Waals surface area contributed by atoms with Crippen molar-refractivity contribution in [2.45, 2.75) is 145 Å². The number of carboxylic acid groups (broad SMARTS) is 1. The number of hydrogen-bond donors (Lipinski definition) is 3. The first-order valence-corrected chi connectivity index (χ1v) is 22.4. The Kier molecular flexibility index (Phi) is 12.9. The number of aliphatic hydroxyl groups is 1. The van der Waals surface area contributed by atoms with Gasteiger partial charge >= 0.3 is 11.9 Å². The Balaban J connectivity index is 1.27. The Bertz CT molecular complexity index is 1710. The number of ether oxygens (including phenoxy) is 2. The highest BCUT2D eigenvalue weighted by Gasteiger charge is 2.71. The first-order valence-electron chi connectivity index (χ1n) is 22.4. The average molecular weight is 806 g/mol. The molecule has 0 aliphatic heterocycles. The standard InChI is InChI=1S/C48H75N3O7/c1-31(2)40-34(52)27-48(37(53)30-51(25-23-49-24-26-57-10)29-32-13-11-12-22-50-32)21-20-46(8)33(41(40)48)14-15-36-45(7)18-17-38(58-39(54)28-43(3,4)42(55)56)44(5,6)35(45)16-19-47(36,46)9/h11-13,22,31,33,35-38,49,53H,14-21,23-30H2,1-10H3,(H,55,56). The number of esters is 1. The first kappa shape index (κ1) is 44.9. The van der Waals surface area contributed by atoms with E-state index in [4.69, 9.17) is 9.47 Å². The number of aliphatic hydroxyl groups excluding tert-OH is 1. The SMILES string of the molecule is COCCNCCN(Cc1ccccn1)CC(O)C12CCC3(C)C(CCC4C5(C)CCC(OC(=O)CC(C)(C)C(=O)O)C(C)(C)C5CCC43C)C1=C(C(C)C)C(=O)C2. The second-order valence-electron chi connectivity index (χ2n) is 21.4. The number of methoxy groups -OCH3 is 1. The summed E-state index contributed by atoms with van der Waals surface area (Å²) in [6.45, 7) is 23.7. The van der Waals surface area contributed by atoms with Gasteiger partial charge in [0.05, 0.1) is 30.2 Å². The maximum absolute atomic E-state index is 14.3. The lowest BCUT2D eigenvalue weighted by molar-refractivity contribution is -0.235. The molecule has 5 aliphatic rings. The molecule has 324 valence electrons. The van der Waals surface area contributed by atoms with Crippen molar-refractivity contribution in [3.63, 3.8) is 0 Å². The van der Waals surface area contributed by atoms with Gasteiger partial charge in [0.25, 0.3) is 0 Å². The third-order valence-corrected chi connectivity index (χ3v) is 17.1. The van der Waals surface area contributed by atoms with Crippen molar-refractivity contribution >= 4 is 17.7 Å². The first-order chi connectivity index (χ1) is 27.2. The van der Waals surface area contributed by atoms with E-state index in [9.17, 15) is 24.6 Å². The number of aromatic nitrogens is 1. The summed E-state index contributed by atoms with van der Waals surface area (Å²) in [6, 6.07) is 5.98. The fourth-order valence-electron chi connectivity index (χ4n) is 13.8. The van der Waals surface area contributed by atoms with Crippen LogP contribution >= 0.6 is 0 Å². The quantitative estimate of drug-likeness (QED) is 0.112. The predicted molar refractivity (Wildman–Crippen MR) is 226 cm³/mol. The zero-order valence-electron chi connectivity index (χ0n) is 37.4. The van der Waals surface area contributed by atoms with Crippen LogP contribution in [0.4, 0.5) is 0 Å². The van der Waals surface area contributed by atoms with Gasteiger partial charge in [-0.1, -0.05) is 60.1 Å². The molecule has 6 rings (SSSR count). The lowest BCUT2D eigenvalue weighted by Crippen LogP contribution is -2.66. The van der Waals surface area contributed by atoms with Crippen LogP contribution in [0, 0.1) is 56.2 Å². The number of nitrogens with zero attached hydrogens (tertiary/aromatic N) is 2. The molecule has 3 N–H and O–H groups in total. The van der Waals surface area contributed by atoms with E-state index >= 15 is 0 Å². The average Bonchev–Trinajstić information content (AvgIpc) is 3.46. The van der Waals surface area contributed by atoms with E-state index in [2.05, 4.69) is 63.7 Å². The highest BCUT2D eigenvalue weighted by atomic mass is 16.5. The molecule has 0 aromatic carbocycles. The van der Waals surface area contributed by atoms with Gasteiger partial charge in [-0.05, 0) is 123 Å². The third-order valence-electron chi connectivity index (χ3n) is 17.1. The van der Waals surface area contributed by atoms with E-state index in [1.54, 1.807) is 21.0 Å². The van der Waals surface area contributed by atoms with E-state index in [0.29, 0.717) is 38.0 Å². The number of hydrogen-bond acceptors (Lipinski definition) is 9. The van der Waals surface area contributed by atoms with Crippen LogP contribution in [0.1, 0.15) is 132 Å². The Hall–Kier alpha value is -2.66. The molecule has 58 heavy (non-hydrogen) atoms. The summed E-state index contributed by atoms with van der Waals surface area (Å²) in [5, 5.41) is 25.8. The minimum atomic E-state index is -1.17. The van der Waals surface area contributed by atoms with E-state index in [1.165, 1.54) is 5.57 Å². The van der Waals surface area contributed by atoms with Gasteiger partial charge < -0.3 is 25.0 Å².